The highest BCUT2D eigenvalue weighted by Crippen LogP contribution is 2.31. The van der Waals surface area contributed by atoms with Gasteiger partial charge in [0.05, 0.1) is 36.7 Å². The van der Waals surface area contributed by atoms with E-state index in [2.05, 4.69) is 25.7 Å². The molecule has 1 atom stereocenters. The molecule has 0 saturated carbocycles. The molecule has 0 aliphatic rings. The van der Waals surface area contributed by atoms with Gasteiger partial charge in [-0.25, -0.2) is 18.6 Å². The van der Waals surface area contributed by atoms with E-state index in [1.807, 2.05) is 31.2 Å². The molecular weight excluding hydrogens is 583 g/mol. The number of fused-ring (bicyclic) bond motifs is 1. The molecule has 44 heavy (non-hydrogen) atoms. The number of aryl methyl sites for hydroxylation is 1. The Kier molecular flexibility index (Phi) is 9.62. The van der Waals surface area contributed by atoms with Crippen LogP contribution >= 0.6 is 0 Å². The van der Waals surface area contributed by atoms with E-state index in [4.69, 9.17) is 14.5 Å². The fourth-order valence-corrected chi connectivity index (χ4v) is 5.23. The topological polar surface area (TPSA) is 127 Å². The number of ether oxygens (including phenoxy) is 2. The Morgan fingerprint density at radius 1 is 0.841 bits per heavy atom. The summed E-state index contributed by atoms with van der Waals surface area (Å²) in [5.74, 6) is 1.14. The number of carbonyl (C=O) groups excluding carboxylic acids is 1. The molecule has 4 aromatic carbocycles. The van der Waals surface area contributed by atoms with Crippen LogP contribution < -0.4 is 30.1 Å². The SMILES string of the molecule is COc1cc(Nc2nc3ccccc3nc2NS(=O)c2cccc(NC(=O)CNCc3cc(F)ccc3C)c2)cc(OC)c1. The molecule has 0 radical (unpaired) electrons. The van der Waals surface area contributed by atoms with E-state index in [0.29, 0.717) is 51.2 Å². The number of amides is 1. The molecule has 1 unspecified atom stereocenters. The number of methoxy groups -OCH3 is 2. The van der Waals surface area contributed by atoms with Gasteiger partial charge in [0.25, 0.3) is 0 Å². The number of benzene rings is 4. The third kappa shape index (κ3) is 7.65. The molecule has 5 rings (SSSR count). The smallest absolute Gasteiger partial charge is 0.238 e. The molecule has 4 N–H and O–H groups in total. The molecule has 10 nitrogen and oxygen atoms in total. The summed E-state index contributed by atoms with van der Waals surface area (Å²) in [6, 6.07) is 23.9. The lowest BCUT2D eigenvalue weighted by atomic mass is 10.1. The van der Waals surface area contributed by atoms with E-state index >= 15 is 0 Å². The Hall–Kier alpha value is -5.07. The van der Waals surface area contributed by atoms with Gasteiger partial charge in [0.1, 0.15) is 17.3 Å². The number of nitrogens with zero attached hydrogens (tertiary/aromatic N) is 2. The maximum absolute atomic E-state index is 13.5. The van der Waals surface area contributed by atoms with Crippen LogP contribution in [0.5, 0.6) is 11.5 Å². The molecule has 1 heterocycles. The lowest BCUT2D eigenvalue weighted by Gasteiger charge is -2.15. The summed E-state index contributed by atoms with van der Waals surface area (Å²) in [4.78, 5) is 22.4. The maximum Gasteiger partial charge on any atom is 0.238 e. The van der Waals surface area contributed by atoms with Crippen molar-refractivity contribution in [3.8, 4) is 11.5 Å². The molecule has 0 bridgehead atoms. The minimum Gasteiger partial charge on any atom is -0.497 e. The molecule has 0 aliphatic heterocycles. The van der Waals surface area contributed by atoms with Gasteiger partial charge in [-0.2, -0.15) is 0 Å². The standard InChI is InChI=1S/C32H31FN6O4S/c1-20-11-12-22(33)13-21(20)18-34-19-30(40)35-23-7-6-8-27(16-23)44(41)39-32-31(37-28-9-4-5-10-29(28)38-32)36-24-14-25(42-2)17-26(15-24)43-3/h4-17,34H,18-19H2,1-3H3,(H,35,40)(H,36,37)(H,38,39). The summed E-state index contributed by atoms with van der Waals surface area (Å²) in [5.41, 5.74) is 4.07. The number of nitrogens with one attached hydrogen (secondary N) is 4. The van der Waals surface area contributed by atoms with Crippen molar-refractivity contribution in [3.63, 3.8) is 0 Å². The number of aromatic nitrogens is 2. The highest BCUT2D eigenvalue weighted by molar-refractivity contribution is 7.86. The fraction of sp³-hybridized carbons (Fsp3) is 0.156. The molecular formula is C32H31FN6O4S. The van der Waals surface area contributed by atoms with E-state index in [9.17, 15) is 13.4 Å². The van der Waals surface area contributed by atoms with Gasteiger partial charge in [-0.15, -0.1) is 0 Å². The molecule has 0 fully saturated rings. The lowest BCUT2D eigenvalue weighted by Crippen LogP contribution is -2.28. The van der Waals surface area contributed by atoms with E-state index in [0.717, 1.165) is 11.1 Å². The van der Waals surface area contributed by atoms with Crippen molar-refractivity contribution in [2.45, 2.75) is 18.4 Å². The van der Waals surface area contributed by atoms with Crippen LogP contribution in [0.2, 0.25) is 0 Å². The van der Waals surface area contributed by atoms with Gasteiger partial charge in [0.15, 0.2) is 22.6 Å². The Morgan fingerprint density at radius 2 is 1.55 bits per heavy atom. The summed E-state index contributed by atoms with van der Waals surface area (Å²) in [6.45, 7) is 2.24. The fourth-order valence-electron chi connectivity index (χ4n) is 4.36. The number of carbonyl (C=O) groups is 1. The Balaban J connectivity index is 1.30. The van der Waals surface area contributed by atoms with Gasteiger partial charge in [0.2, 0.25) is 5.91 Å². The summed E-state index contributed by atoms with van der Waals surface area (Å²) in [7, 11) is 1.36. The summed E-state index contributed by atoms with van der Waals surface area (Å²) >= 11 is 0. The van der Waals surface area contributed by atoms with Crippen LogP contribution in [0.15, 0.2) is 89.8 Å². The van der Waals surface area contributed by atoms with E-state index in [1.54, 1.807) is 62.8 Å². The number of para-hydroxylation sites is 2. The second-order valence-corrected chi connectivity index (χ2v) is 11.0. The normalized spacial score (nSPS) is 11.5. The summed E-state index contributed by atoms with van der Waals surface area (Å²) in [5, 5.41) is 9.06. The van der Waals surface area contributed by atoms with Crippen LogP contribution in [0.1, 0.15) is 11.1 Å². The van der Waals surface area contributed by atoms with Gasteiger partial charge in [-0.05, 0) is 60.5 Å². The highest BCUT2D eigenvalue weighted by Gasteiger charge is 2.15. The van der Waals surface area contributed by atoms with Crippen molar-refractivity contribution < 1.29 is 22.9 Å². The van der Waals surface area contributed by atoms with E-state index < -0.39 is 11.0 Å². The third-order valence-corrected chi connectivity index (χ3v) is 7.68. The molecule has 0 spiro atoms. The van der Waals surface area contributed by atoms with Crippen molar-refractivity contribution in [2.75, 3.05) is 36.1 Å². The molecule has 5 aromatic rings. The molecule has 1 aromatic heterocycles. The van der Waals surface area contributed by atoms with Crippen LogP contribution in [-0.4, -0.2) is 40.8 Å². The van der Waals surface area contributed by atoms with Crippen molar-refractivity contribution in [3.05, 3.63) is 102 Å². The van der Waals surface area contributed by atoms with Crippen LogP contribution in [-0.2, 0) is 22.3 Å². The maximum atomic E-state index is 13.5. The number of hydrogen-bond donors (Lipinski definition) is 4. The second-order valence-electron chi connectivity index (χ2n) is 9.76. The molecule has 0 saturated heterocycles. The molecule has 226 valence electrons. The zero-order valence-electron chi connectivity index (χ0n) is 24.3. The predicted molar refractivity (Wildman–Crippen MR) is 170 cm³/mol. The average molecular weight is 615 g/mol. The first-order chi connectivity index (χ1) is 21.3. The second kappa shape index (κ2) is 13.9. The Labute approximate surface area is 256 Å². The van der Waals surface area contributed by atoms with Crippen molar-refractivity contribution in [1.82, 2.24) is 15.3 Å². The number of halogens is 1. The van der Waals surface area contributed by atoms with Gasteiger partial charge < -0.3 is 25.4 Å². The lowest BCUT2D eigenvalue weighted by molar-refractivity contribution is -0.115. The zero-order valence-corrected chi connectivity index (χ0v) is 25.1. The molecule has 1 amide bonds. The highest BCUT2D eigenvalue weighted by atomic mass is 32.2. The van der Waals surface area contributed by atoms with Crippen LogP contribution in [0.4, 0.5) is 27.4 Å². The Bertz CT molecular complexity index is 1810. The van der Waals surface area contributed by atoms with Crippen molar-refractivity contribution >= 4 is 50.9 Å². The third-order valence-electron chi connectivity index (χ3n) is 6.62. The van der Waals surface area contributed by atoms with E-state index in [1.165, 1.54) is 12.1 Å². The first-order valence-electron chi connectivity index (χ1n) is 13.6. The number of anilines is 4. The zero-order chi connectivity index (χ0) is 31.1. The van der Waals surface area contributed by atoms with Crippen molar-refractivity contribution in [1.29, 1.82) is 0 Å². The largest absolute Gasteiger partial charge is 0.497 e. The van der Waals surface area contributed by atoms with Gasteiger partial charge >= 0.3 is 0 Å². The van der Waals surface area contributed by atoms with E-state index in [-0.39, 0.29) is 24.1 Å². The first-order valence-corrected chi connectivity index (χ1v) is 14.8. The summed E-state index contributed by atoms with van der Waals surface area (Å²) in [6.07, 6.45) is 0. The monoisotopic (exact) mass is 614 g/mol. The van der Waals surface area contributed by atoms with Gasteiger partial charge in [-0.1, -0.05) is 24.3 Å². The number of hydrogen-bond acceptors (Lipinski definition) is 8. The van der Waals surface area contributed by atoms with Crippen molar-refractivity contribution in [2.24, 2.45) is 0 Å². The Morgan fingerprint density at radius 3 is 2.25 bits per heavy atom. The summed E-state index contributed by atoms with van der Waals surface area (Å²) < 4.78 is 40.8. The van der Waals surface area contributed by atoms with Gasteiger partial charge in [0, 0.05) is 36.1 Å². The van der Waals surface area contributed by atoms with Crippen LogP contribution in [0, 0.1) is 12.7 Å². The van der Waals surface area contributed by atoms with Gasteiger partial charge in [-0.3, -0.25) is 9.52 Å². The first kappa shape index (κ1) is 30.4. The molecule has 12 heteroatoms. The predicted octanol–water partition coefficient (Wildman–Crippen LogP) is 5.70. The minimum atomic E-state index is -1.76. The average Bonchev–Trinajstić information content (AvgIpc) is 3.02. The number of rotatable bonds is 12. The molecule has 0 aliphatic carbocycles. The minimum absolute atomic E-state index is 0.0122. The quantitative estimate of drug-likeness (QED) is 0.141. The van der Waals surface area contributed by atoms with Crippen LogP contribution in [0.25, 0.3) is 11.0 Å². The van der Waals surface area contributed by atoms with Crippen LogP contribution in [0.3, 0.4) is 0 Å².